The van der Waals surface area contributed by atoms with Gasteiger partial charge in [0, 0.05) is 61.2 Å². The van der Waals surface area contributed by atoms with Crippen LogP contribution in [0.25, 0.3) is 0 Å². The fraction of sp³-hybridized carbons (Fsp3) is 0.433. The Hall–Kier alpha value is -4.01. The number of carbonyl (C=O) groups excluding carboxylic acids is 2. The van der Waals surface area contributed by atoms with Gasteiger partial charge in [-0.25, -0.2) is 4.79 Å². The monoisotopic (exact) mass is 531 g/mol. The van der Waals surface area contributed by atoms with E-state index in [0.29, 0.717) is 50.3 Å². The molecule has 3 amide bonds. The summed E-state index contributed by atoms with van der Waals surface area (Å²) in [5.74, 6) is 1.19. The van der Waals surface area contributed by atoms with Gasteiger partial charge in [0.2, 0.25) is 0 Å². The van der Waals surface area contributed by atoms with Crippen molar-refractivity contribution in [2.45, 2.75) is 44.7 Å². The van der Waals surface area contributed by atoms with E-state index in [4.69, 9.17) is 14.9 Å². The highest BCUT2D eigenvalue weighted by molar-refractivity contribution is 6.45. The number of nitrogens with one attached hydrogen (secondary N) is 2. The Morgan fingerprint density at radius 3 is 2.51 bits per heavy atom. The van der Waals surface area contributed by atoms with Crippen LogP contribution in [-0.2, 0) is 11.3 Å². The van der Waals surface area contributed by atoms with Gasteiger partial charge in [-0.3, -0.25) is 15.1 Å². The van der Waals surface area contributed by atoms with Crippen molar-refractivity contribution in [3.05, 3.63) is 64.9 Å². The number of anilines is 1. The zero-order chi connectivity index (χ0) is 27.9. The summed E-state index contributed by atoms with van der Waals surface area (Å²) < 4.78 is 11.3. The number of benzene rings is 2. The number of fused-ring (bicyclic) bond motifs is 3. The van der Waals surface area contributed by atoms with E-state index in [9.17, 15) is 9.59 Å². The smallest absolute Gasteiger partial charge is 0.325 e. The summed E-state index contributed by atoms with van der Waals surface area (Å²) >= 11 is 0. The molecule has 0 aliphatic carbocycles. The second-order valence-electron chi connectivity index (χ2n) is 10.4. The van der Waals surface area contributed by atoms with E-state index in [1.165, 1.54) is 0 Å². The number of ether oxygens (including phenoxy) is 2. The maximum absolute atomic E-state index is 13.8. The summed E-state index contributed by atoms with van der Waals surface area (Å²) in [5.41, 5.74) is 3.90. The number of piperidine rings is 1. The zero-order valence-electron chi connectivity index (χ0n) is 23.3. The molecule has 0 bridgehead atoms. The van der Waals surface area contributed by atoms with Crippen LogP contribution in [0.5, 0.6) is 11.5 Å². The Bertz CT molecular complexity index is 1340. The molecule has 206 valence electrons. The number of rotatable bonds is 6. The molecule has 9 nitrogen and oxygen atoms in total. The molecular weight excluding hydrogens is 494 g/mol. The number of hydrogen-bond acceptors (Lipinski definition) is 6. The lowest BCUT2D eigenvalue weighted by atomic mass is 9.82. The maximum Gasteiger partial charge on any atom is 0.325 e. The molecular formula is C30H37N5O4. The largest absolute Gasteiger partial charge is 0.497 e. The normalized spacial score (nSPS) is 19.7. The van der Waals surface area contributed by atoms with Crippen LogP contribution in [0.2, 0.25) is 0 Å². The predicted octanol–water partition coefficient (Wildman–Crippen LogP) is 4.43. The third kappa shape index (κ3) is 4.20. The van der Waals surface area contributed by atoms with Gasteiger partial charge in [0.15, 0.2) is 0 Å². The average Bonchev–Trinajstić information content (AvgIpc) is 3.07. The molecule has 0 saturated carbocycles. The quantitative estimate of drug-likeness (QED) is 0.538. The summed E-state index contributed by atoms with van der Waals surface area (Å²) in [5, 5.41) is 11.7. The first-order valence-electron chi connectivity index (χ1n) is 13.5. The van der Waals surface area contributed by atoms with Crippen molar-refractivity contribution < 1.29 is 19.1 Å². The van der Waals surface area contributed by atoms with Crippen molar-refractivity contribution >= 4 is 23.3 Å². The van der Waals surface area contributed by atoms with Gasteiger partial charge in [-0.15, -0.1) is 0 Å². The first-order chi connectivity index (χ1) is 18.8. The Kier molecular flexibility index (Phi) is 7.01. The lowest BCUT2D eigenvalue weighted by Gasteiger charge is -2.44. The molecule has 2 fully saturated rings. The van der Waals surface area contributed by atoms with Crippen molar-refractivity contribution in [1.29, 1.82) is 5.41 Å². The van der Waals surface area contributed by atoms with Gasteiger partial charge in [-0.2, -0.15) is 0 Å². The van der Waals surface area contributed by atoms with E-state index in [0.717, 1.165) is 28.3 Å². The molecule has 0 radical (unpaired) electrons. The van der Waals surface area contributed by atoms with Crippen LogP contribution in [0.1, 0.15) is 49.3 Å². The Morgan fingerprint density at radius 1 is 1.15 bits per heavy atom. The number of likely N-dealkylation sites (tertiary alicyclic amines) is 1. The molecule has 1 spiro atoms. The molecule has 9 heteroatoms. The van der Waals surface area contributed by atoms with Crippen LogP contribution in [0.15, 0.2) is 48.2 Å². The number of allylic oxidation sites excluding steroid dienone is 1. The van der Waals surface area contributed by atoms with Crippen LogP contribution in [0, 0.1) is 5.41 Å². The number of likely N-dealkylation sites (N-methyl/N-ethyl adjacent to an activating group) is 1. The molecule has 3 heterocycles. The third-order valence-corrected chi connectivity index (χ3v) is 8.47. The van der Waals surface area contributed by atoms with E-state index in [1.807, 2.05) is 47.1 Å². The number of amides is 3. The Balaban J connectivity index is 1.45. The Labute approximate surface area is 229 Å². The number of urea groups is 1. The van der Waals surface area contributed by atoms with Crippen LogP contribution in [0.3, 0.4) is 0 Å². The van der Waals surface area contributed by atoms with Gasteiger partial charge in [-0.05, 0) is 37.5 Å². The lowest BCUT2D eigenvalue weighted by Crippen LogP contribution is -2.55. The summed E-state index contributed by atoms with van der Waals surface area (Å²) in [6, 6.07) is 11.3. The van der Waals surface area contributed by atoms with Crippen molar-refractivity contribution in [3.8, 4) is 11.5 Å². The number of hydrogen-bond donors (Lipinski definition) is 2. The molecule has 39 heavy (non-hydrogen) atoms. The zero-order valence-corrected chi connectivity index (χ0v) is 23.3. The van der Waals surface area contributed by atoms with E-state index in [-0.39, 0.29) is 23.6 Å². The van der Waals surface area contributed by atoms with Gasteiger partial charge in [0.05, 0.1) is 26.3 Å². The predicted molar refractivity (Wildman–Crippen MR) is 151 cm³/mol. The highest BCUT2D eigenvalue weighted by Gasteiger charge is 2.55. The van der Waals surface area contributed by atoms with Crippen molar-refractivity contribution in [2.75, 3.05) is 46.2 Å². The van der Waals surface area contributed by atoms with Crippen molar-refractivity contribution in [2.24, 2.45) is 0 Å². The van der Waals surface area contributed by atoms with Gasteiger partial charge in [0.25, 0.3) is 5.91 Å². The van der Waals surface area contributed by atoms with Crippen molar-refractivity contribution in [3.63, 3.8) is 0 Å². The molecule has 2 aromatic rings. The standard InChI is InChI=1S/C30H37N5O4/c1-6-35-29(37)34-18-20-16-21(38-4)17-24(39-5)26(20)19(2)15-25(34)30(35)11-13-33(14-12-30)28(36)27(31)22-9-7-8-10-23(22)32-3/h7-10,15-17,19,31-32H,6,11-14,18H2,1-5H3/t19-/m0/s1. The fourth-order valence-corrected chi connectivity index (χ4v) is 6.54. The topological polar surface area (TPSA) is 98.2 Å². The minimum atomic E-state index is -0.499. The number of para-hydroxylation sites is 1. The first-order valence-corrected chi connectivity index (χ1v) is 13.5. The maximum atomic E-state index is 13.8. The van der Waals surface area contributed by atoms with Gasteiger partial charge >= 0.3 is 6.03 Å². The molecule has 0 unspecified atom stereocenters. The molecule has 1 atom stereocenters. The molecule has 2 saturated heterocycles. The number of methoxy groups -OCH3 is 2. The van der Waals surface area contributed by atoms with E-state index in [2.05, 4.69) is 18.3 Å². The molecule has 5 rings (SSSR count). The first kappa shape index (κ1) is 26.6. The minimum absolute atomic E-state index is 0.0129. The third-order valence-electron chi connectivity index (χ3n) is 8.47. The molecule has 0 aromatic heterocycles. The highest BCUT2D eigenvalue weighted by Crippen LogP contribution is 2.49. The molecule has 3 aliphatic rings. The number of carbonyl (C=O) groups is 2. The minimum Gasteiger partial charge on any atom is -0.497 e. The summed E-state index contributed by atoms with van der Waals surface area (Å²) in [6.45, 7) is 6.10. The van der Waals surface area contributed by atoms with Crippen LogP contribution in [-0.4, -0.2) is 78.8 Å². The average molecular weight is 532 g/mol. The van der Waals surface area contributed by atoms with Gasteiger partial charge in [0.1, 0.15) is 17.2 Å². The molecule has 3 aliphatic heterocycles. The Morgan fingerprint density at radius 2 is 1.87 bits per heavy atom. The van der Waals surface area contributed by atoms with E-state index < -0.39 is 5.54 Å². The second-order valence-corrected chi connectivity index (χ2v) is 10.4. The van der Waals surface area contributed by atoms with Crippen molar-refractivity contribution in [1.82, 2.24) is 14.7 Å². The summed E-state index contributed by atoms with van der Waals surface area (Å²) in [6.07, 6.45) is 3.44. The van der Waals surface area contributed by atoms with E-state index >= 15 is 0 Å². The van der Waals surface area contributed by atoms with Crippen LogP contribution in [0.4, 0.5) is 10.5 Å². The lowest BCUT2D eigenvalue weighted by molar-refractivity contribution is -0.126. The van der Waals surface area contributed by atoms with Crippen LogP contribution < -0.4 is 14.8 Å². The number of nitrogens with zero attached hydrogens (tertiary/aromatic N) is 3. The highest BCUT2D eigenvalue weighted by atomic mass is 16.5. The van der Waals surface area contributed by atoms with Gasteiger partial charge < -0.3 is 24.6 Å². The molecule has 2 N–H and O–H groups in total. The summed E-state index contributed by atoms with van der Waals surface area (Å²) in [4.78, 5) is 32.8. The van der Waals surface area contributed by atoms with E-state index in [1.54, 1.807) is 32.2 Å². The SMILES string of the molecule is CCN1C(=O)N2Cc3cc(OC)cc(OC)c3[C@@H](C)C=C2C12CCN(C(=O)C(=N)c1ccccc1NC)CC2. The fourth-order valence-electron chi connectivity index (χ4n) is 6.54. The van der Waals surface area contributed by atoms with Crippen LogP contribution >= 0.6 is 0 Å². The van der Waals surface area contributed by atoms with Gasteiger partial charge in [-0.1, -0.05) is 31.2 Å². The summed E-state index contributed by atoms with van der Waals surface area (Å²) in [7, 11) is 5.08. The second kappa shape index (κ2) is 10.3. The molecule has 2 aromatic carbocycles.